The van der Waals surface area contributed by atoms with Gasteiger partial charge in [-0.3, -0.25) is 9.59 Å². The Balaban J connectivity index is 2.15. The zero-order valence-corrected chi connectivity index (χ0v) is 9.03. The van der Waals surface area contributed by atoms with E-state index in [4.69, 9.17) is 4.74 Å². The van der Waals surface area contributed by atoms with Crippen LogP contribution in [0.1, 0.15) is 23.2 Å². The van der Waals surface area contributed by atoms with Crippen LogP contribution in [0.4, 0.5) is 0 Å². The van der Waals surface area contributed by atoms with Crippen LogP contribution in [0.25, 0.3) is 0 Å². The highest BCUT2D eigenvalue weighted by molar-refractivity contribution is 6.43. The molecule has 0 heterocycles. The van der Waals surface area contributed by atoms with Crippen LogP contribution in [0.2, 0.25) is 0 Å². The van der Waals surface area contributed by atoms with E-state index in [-0.39, 0.29) is 6.04 Å². The summed E-state index contributed by atoms with van der Waals surface area (Å²) in [4.78, 5) is 23.3. The molecule has 1 saturated carbocycles. The lowest BCUT2D eigenvalue weighted by Crippen LogP contribution is -2.32. The molecule has 0 bridgehead atoms. The number of carbonyl (C=O) groups is 2. The number of ketones is 1. The molecule has 1 amide bonds. The van der Waals surface area contributed by atoms with Crippen molar-refractivity contribution in [2.45, 2.75) is 18.9 Å². The van der Waals surface area contributed by atoms with E-state index in [0.717, 1.165) is 12.8 Å². The van der Waals surface area contributed by atoms with Gasteiger partial charge in [0.05, 0.1) is 12.7 Å². The van der Waals surface area contributed by atoms with E-state index >= 15 is 0 Å². The molecule has 0 saturated heterocycles. The highest BCUT2D eigenvalue weighted by atomic mass is 16.5. The van der Waals surface area contributed by atoms with E-state index in [1.54, 1.807) is 24.3 Å². The number of amides is 1. The second-order valence-electron chi connectivity index (χ2n) is 3.78. The van der Waals surface area contributed by atoms with E-state index < -0.39 is 11.7 Å². The molecule has 1 aliphatic rings. The summed E-state index contributed by atoms with van der Waals surface area (Å²) in [7, 11) is 1.48. The normalized spacial score (nSPS) is 14.3. The van der Waals surface area contributed by atoms with Crippen molar-refractivity contribution >= 4 is 11.7 Å². The molecule has 1 aliphatic carbocycles. The molecule has 0 radical (unpaired) electrons. The lowest BCUT2D eigenvalue weighted by Gasteiger charge is -2.06. The van der Waals surface area contributed by atoms with Gasteiger partial charge in [-0.15, -0.1) is 0 Å². The third kappa shape index (κ3) is 2.21. The van der Waals surface area contributed by atoms with Crippen molar-refractivity contribution in [1.29, 1.82) is 0 Å². The molecule has 0 spiro atoms. The molecule has 1 aromatic carbocycles. The SMILES string of the molecule is COc1ccccc1C(=O)C(=O)NC1CC1. The first-order valence-corrected chi connectivity index (χ1v) is 5.20. The van der Waals surface area contributed by atoms with Crippen LogP contribution in [0.15, 0.2) is 24.3 Å². The maximum absolute atomic E-state index is 11.8. The predicted octanol–water partition coefficient (Wildman–Crippen LogP) is 1.16. The molecule has 84 valence electrons. The Morgan fingerprint density at radius 2 is 2.00 bits per heavy atom. The monoisotopic (exact) mass is 219 g/mol. The van der Waals surface area contributed by atoms with Crippen molar-refractivity contribution in [3.63, 3.8) is 0 Å². The average Bonchev–Trinajstić information content (AvgIpc) is 3.11. The second-order valence-corrected chi connectivity index (χ2v) is 3.78. The van der Waals surface area contributed by atoms with Crippen LogP contribution in [0, 0.1) is 0 Å². The van der Waals surface area contributed by atoms with E-state index in [0.29, 0.717) is 11.3 Å². The van der Waals surface area contributed by atoms with Crippen LogP contribution in [-0.4, -0.2) is 24.8 Å². The third-order valence-electron chi connectivity index (χ3n) is 2.47. The van der Waals surface area contributed by atoms with Crippen LogP contribution in [-0.2, 0) is 4.79 Å². The van der Waals surface area contributed by atoms with Crippen LogP contribution >= 0.6 is 0 Å². The number of rotatable bonds is 4. The Kier molecular flexibility index (Phi) is 2.90. The average molecular weight is 219 g/mol. The van der Waals surface area contributed by atoms with Crippen molar-refractivity contribution in [2.75, 3.05) is 7.11 Å². The molecule has 16 heavy (non-hydrogen) atoms. The lowest BCUT2D eigenvalue weighted by molar-refractivity contribution is -0.117. The molecule has 4 nitrogen and oxygen atoms in total. The van der Waals surface area contributed by atoms with Gasteiger partial charge < -0.3 is 10.1 Å². The molecule has 1 fully saturated rings. The summed E-state index contributed by atoms with van der Waals surface area (Å²) < 4.78 is 5.04. The van der Waals surface area contributed by atoms with Gasteiger partial charge in [0.1, 0.15) is 5.75 Å². The molecule has 1 aromatic rings. The molecular weight excluding hydrogens is 206 g/mol. The number of benzene rings is 1. The molecule has 0 atom stereocenters. The molecular formula is C12H13NO3. The number of para-hydroxylation sites is 1. The van der Waals surface area contributed by atoms with E-state index in [9.17, 15) is 9.59 Å². The maximum Gasteiger partial charge on any atom is 0.292 e. The summed E-state index contributed by atoms with van der Waals surface area (Å²) in [6, 6.07) is 6.91. The summed E-state index contributed by atoms with van der Waals surface area (Å²) >= 11 is 0. The zero-order chi connectivity index (χ0) is 11.5. The number of carbonyl (C=O) groups excluding carboxylic acids is 2. The van der Waals surface area contributed by atoms with Gasteiger partial charge in [0.25, 0.3) is 11.7 Å². The van der Waals surface area contributed by atoms with E-state index in [1.807, 2.05) is 0 Å². The van der Waals surface area contributed by atoms with Crippen molar-refractivity contribution in [3.05, 3.63) is 29.8 Å². The molecule has 0 aliphatic heterocycles. The number of hydrogen-bond acceptors (Lipinski definition) is 3. The summed E-state index contributed by atoms with van der Waals surface area (Å²) in [6.07, 6.45) is 1.93. The summed E-state index contributed by atoms with van der Waals surface area (Å²) in [5.74, 6) is -0.658. The highest BCUT2D eigenvalue weighted by Crippen LogP contribution is 2.21. The molecule has 0 unspecified atom stereocenters. The Morgan fingerprint density at radius 3 is 2.62 bits per heavy atom. The molecule has 0 aromatic heterocycles. The topological polar surface area (TPSA) is 55.4 Å². The van der Waals surface area contributed by atoms with Gasteiger partial charge in [0.15, 0.2) is 0 Å². The van der Waals surface area contributed by atoms with Gasteiger partial charge in [0, 0.05) is 6.04 Å². The van der Waals surface area contributed by atoms with Crippen molar-refractivity contribution in [2.24, 2.45) is 0 Å². The van der Waals surface area contributed by atoms with Crippen LogP contribution in [0.5, 0.6) is 5.75 Å². The fourth-order valence-corrected chi connectivity index (χ4v) is 1.43. The molecule has 4 heteroatoms. The van der Waals surface area contributed by atoms with Crippen LogP contribution < -0.4 is 10.1 Å². The van der Waals surface area contributed by atoms with E-state index in [1.165, 1.54) is 7.11 Å². The minimum Gasteiger partial charge on any atom is -0.496 e. The molecule has 2 rings (SSSR count). The number of Topliss-reactive ketones (excluding diaryl/α,β-unsaturated/α-hetero) is 1. The summed E-state index contributed by atoms with van der Waals surface area (Å²) in [5, 5.41) is 2.66. The molecule has 1 N–H and O–H groups in total. The predicted molar refractivity (Wildman–Crippen MR) is 58.5 cm³/mol. The maximum atomic E-state index is 11.8. The fraction of sp³-hybridized carbons (Fsp3) is 0.333. The first-order chi connectivity index (χ1) is 7.72. The Hall–Kier alpha value is -1.84. The zero-order valence-electron chi connectivity index (χ0n) is 9.03. The van der Waals surface area contributed by atoms with Crippen molar-refractivity contribution in [1.82, 2.24) is 5.32 Å². The third-order valence-corrected chi connectivity index (χ3v) is 2.47. The van der Waals surface area contributed by atoms with Gasteiger partial charge in [-0.05, 0) is 25.0 Å². The minimum atomic E-state index is -0.549. The first kappa shape index (κ1) is 10.7. The number of nitrogens with one attached hydrogen (secondary N) is 1. The summed E-state index contributed by atoms with van der Waals surface area (Å²) in [5.41, 5.74) is 0.308. The largest absolute Gasteiger partial charge is 0.496 e. The van der Waals surface area contributed by atoms with Crippen LogP contribution in [0.3, 0.4) is 0 Å². The van der Waals surface area contributed by atoms with Gasteiger partial charge in [-0.25, -0.2) is 0 Å². The number of methoxy groups -OCH3 is 1. The number of ether oxygens (including phenoxy) is 1. The Morgan fingerprint density at radius 1 is 1.31 bits per heavy atom. The van der Waals surface area contributed by atoms with Crippen molar-refractivity contribution in [3.8, 4) is 5.75 Å². The minimum absolute atomic E-state index is 0.186. The Bertz CT molecular complexity index is 424. The van der Waals surface area contributed by atoms with Gasteiger partial charge in [-0.2, -0.15) is 0 Å². The second kappa shape index (κ2) is 4.35. The number of hydrogen-bond donors (Lipinski definition) is 1. The van der Waals surface area contributed by atoms with Gasteiger partial charge in [0.2, 0.25) is 0 Å². The first-order valence-electron chi connectivity index (χ1n) is 5.20. The quantitative estimate of drug-likeness (QED) is 0.610. The lowest BCUT2D eigenvalue weighted by atomic mass is 10.1. The summed E-state index contributed by atoms with van der Waals surface area (Å²) in [6.45, 7) is 0. The van der Waals surface area contributed by atoms with Crippen molar-refractivity contribution < 1.29 is 14.3 Å². The van der Waals surface area contributed by atoms with E-state index in [2.05, 4.69) is 5.32 Å². The smallest absolute Gasteiger partial charge is 0.292 e. The Labute approximate surface area is 93.6 Å². The highest BCUT2D eigenvalue weighted by Gasteiger charge is 2.27. The van der Waals surface area contributed by atoms with Gasteiger partial charge in [-0.1, -0.05) is 12.1 Å². The fourth-order valence-electron chi connectivity index (χ4n) is 1.43. The van der Waals surface area contributed by atoms with Gasteiger partial charge >= 0.3 is 0 Å². The standard InChI is InChI=1S/C12H13NO3/c1-16-10-5-3-2-4-9(10)11(14)12(15)13-8-6-7-8/h2-5,8H,6-7H2,1H3,(H,13,15).